The maximum absolute atomic E-state index is 12.7. The number of nitrogens with zero attached hydrogens (tertiary/aromatic N) is 2. The molecule has 114 valence electrons. The van der Waals surface area contributed by atoms with Gasteiger partial charge >= 0.3 is 12.0 Å². The van der Waals surface area contributed by atoms with E-state index in [1.54, 1.807) is 17.0 Å². The van der Waals surface area contributed by atoms with Crippen LogP contribution in [0.4, 0.5) is 10.5 Å². The molecule has 2 N–H and O–H groups in total. The lowest BCUT2D eigenvalue weighted by molar-refractivity contribution is -0.138. The van der Waals surface area contributed by atoms with Gasteiger partial charge in [-0.15, -0.1) is 0 Å². The SMILES string of the molecule is CCN(CCCO)C(=O)N1c2ccccc2CC1C(=O)O. The molecule has 21 heavy (non-hydrogen) atoms. The Kier molecular flexibility index (Phi) is 4.80. The van der Waals surface area contributed by atoms with Gasteiger partial charge in [-0.1, -0.05) is 18.2 Å². The lowest BCUT2D eigenvalue weighted by Crippen LogP contribution is -2.50. The Hall–Kier alpha value is -2.08. The summed E-state index contributed by atoms with van der Waals surface area (Å²) < 4.78 is 0. The van der Waals surface area contributed by atoms with Gasteiger partial charge in [0, 0.05) is 31.8 Å². The van der Waals surface area contributed by atoms with E-state index in [2.05, 4.69) is 0 Å². The highest BCUT2D eigenvalue weighted by Crippen LogP contribution is 2.33. The van der Waals surface area contributed by atoms with Gasteiger partial charge in [-0.2, -0.15) is 0 Å². The zero-order chi connectivity index (χ0) is 15.4. The van der Waals surface area contributed by atoms with Crippen LogP contribution in [0.2, 0.25) is 0 Å². The highest BCUT2D eigenvalue weighted by Gasteiger charge is 2.39. The van der Waals surface area contributed by atoms with E-state index in [1.165, 1.54) is 4.90 Å². The van der Waals surface area contributed by atoms with Crippen molar-refractivity contribution in [3.8, 4) is 0 Å². The molecule has 6 heteroatoms. The van der Waals surface area contributed by atoms with Gasteiger partial charge in [0.15, 0.2) is 0 Å². The van der Waals surface area contributed by atoms with E-state index in [4.69, 9.17) is 5.11 Å². The van der Waals surface area contributed by atoms with Crippen LogP contribution in [-0.2, 0) is 11.2 Å². The Labute approximate surface area is 123 Å². The number of urea groups is 1. The summed E-state index contributed by atoms with van der Waals surface area (Å²) in [6, 6.07) is 6.09. The molecule has 0 radical (unpaired) electrons. The van der Waals surface area contributed by atoms with Crippen LogP contribution in [0, 0.1) is 0 Å². The van der Waals surface area contributed by atoms with Gasteiger partial charge < -0.3 is 15.1 Å². The maximum atomic E-state index is 12.7. The first-order valence-electron chi connectivity index (χ1n) is 7.09. The minimum atomic E-state index is -1.00. The number of carbonyl (C=O) groups excluding carboxylic acids is 1. The number of amides is 2. The quantitative estimate of drug-likeness (QED) is 0.858. The Bertz CT molecular complexity index is 532. The number of rotatable bonds is 5. The highest BCUT2D eigenvalue weighted by molar-refractivity contribution is 6.01. The molecule has 0 bridgehead atoms. The zero-order valence-corrected chi connectivity index (χ0v) is 12.0. The van der Waals surface area contributed by atoms with Crippen LogP contribution in [0.5, 0.6) is 0 Å². The second-order valence-corrected chi connectivity index (χ2v) is 5.00. The molecule has 0 aliphatic carbocycles. The summed E-state index contributed by atoms with van der Waals surface area (Å²) in [6.07, 6.45) is 0.807. The van der Waals surface area contributed by atoms with Crippen LogP contribution >= 0.6 is 0 Å². The van der Waals surface area contributed by atoms with Crippen molar-refractivity contribution in [2.24, 2.45) is 0 Å². The molecule has 2 amide bonds. The van der Waals surface area contributed by atoms with Gasteiger partial charge in [0.2, 0.25) is 0 Å². The molecule has 0 aromatic heterocycles. The standard InChI is InChI=1S/C15H20N2O4/c1-2-16(8-5-9-18)15(21)17-12-7-4-3-6-11(12)10-13(17)14(19)20/h3-4,6-7,13,18H,2,5,8-10H2,1H3,(H,19,20). The molecule has 1 aliphatic rings. The predicted molar refractivity (Wildman–Crippen MR) is 78.4 cm³/mol. The fourth-order valence-electron chi connectivity index (χ4n) is 2.62. The number of hydrogen-bond donors (Lipinski definition) is 2. The van der Waals surface area contributed by atoms with Crippen molar-refractivity contribution in [3.63, 3.8) is 0 Å². The van der Waals surface area contributed by atoms with Crippen molar-refractivity contribution < 1.29 is 19.8 Å². The topological polar surface area (TPSA) is 81.1 Å². The Morgan fingerprint density at radius 3 is 2.71 bits per heavy atom. The molecule has 1 aliphatic heterocycles. The van der Waals surface area contributed by atoms with Crippen LogP contribution in [0.15, 0.2) is 24.3 Å². The largest absolute Gasteiger partial charge is 0.480 e. The summed E-state index contributed by atoms with van der Waals surface area (Å²) >= 11 is 0. The van der Waals surface area contributed by atoms with Crippen LogP contribution in [0.25, 0.3) is 0 Å². The summed E-state index contributed by atoms with van der Waals surface area (Å²) in [6.45, 7) is 2.73. The second-order valence-electron chi connectivity index (χ2n) is 5.00. The molecule has 1 aromatic carbocycles. The summed E-state index contributed by atoms with van der Waals surface area (Å²) in [5.41, 5.74) is 1.54. The third-order valence-electron chi connectivity index (χ3n) is 3.71. The van der Waals surface area contributed by atoms with Crippen molar-refractivity contribution >= 4 is 17.7 Å². The number of para-hydroxylation sites is 1. The lowest BCUT2D eigenvalue weighted by atomic mass is 10.1. The minimum absolute atomic E-state index is 0.00270. The van der Waals surface area contributed by atoms with Gasteiger partial charge in [0.25, 0.3) is 0 Å². The molecular formula is C15H20N2O4. The number of carbonyl (C=O) groups is 2. The molecule has 1 unspecified atom stereocenters. The van der Waals surface area contributed by atoms with Gasteiger partial charge in [0.1, 0.15) is 6.04 Å². The Morgan fingerprint density at radius 2 is 2.10 bits per heavy atom. The Morgan fingerprint density at radius 1 is 1.38 bits per heavy atom. The van der Waals surface area contributed by atoms with E-state index < -0.39 is 12.0 Å². The van der Waals surface area contributed by atoms with Gasteiger partial charge in [-0.05, 0) is 25.0 Å². The molecule has 0 saturated carbocycles. The fourth-order valence-corrected chi connectivity index (χ4v) is 2.62. The van der Waals surface area contributed by atoms with E-state index >= 15 is 0 Å². The highest BCUT2D eigenvalue weighted by atomic mass is 16.4. The zero-order valence-electron chi connectivity index (χ0n) is 12.0. The number of aliphatic carboxylic acids is 1. The molecule has 0 fully saturated rings. The third-order valence-corrected chi connectivity index (χ3v) is 3.71. The Balaban J connectivity index is 2.29. The van der Waals surface area contributed by atoms with Crippen molar-refractivity contribution in [1.82, 2.24) is 4.90 Å². The summed E-state index contributed by atoms with van der Waals surface area (Å²) in [4.78, 5) is 27.0. The van der Waals surface area contributed by atoms with Crippen LogP contribution < -0.4 is 4.90 Å². The predicted octanol–water partition coefficient (Wildman–Crippen LogP) is 1.33. The molecule has 6 nitrogen and oxygen atoms in total. The number of carboxylic acid groups (broad SMARTS) is 1. The smallest absolute Gasteiger partial charge is 0.327 e. The summed E-state index contributed by atoms with van der Waals surface area (Å²) in [7, 11) is 0. The monoisotopic (exact) mass is 292 g/mol. The number of aliphatic hydroxyl groups excluding tert-OH is 1. The van der Waals surface area contributed by atoms with Crippen LogP contribution in [0.1, 0.15) is 18.9 Å². The van der Waals surface area contributed by atoms with Crippen LogP contribution in [-0.4, -0.2) is 52.9 Å². The molecule has 1 aromatic rings. The van der Waals surface area contributed by atoms with Crippen molar-refractivity contribution in [1.29, 1.82) is 0 Å². The summed E-state index contributed by atoms with van der Waals surface area (Å²) in [5, 5.41) is 18.3. The number of benzene rings is 1. The molecule has 2 rings (SSSR count). The normalized spacial score (nSPS) is 16.7. The molecular weight excluding hydrogens is 272 g/mol. The first-order chi connectivity index (χ1) is 10.1. The van der Waals surface area contributed by atoms with Crippen molar-refractivity contribution in [2.75, 3.05) is 24.6 Å². The number of carboxylic acids is 1. The number of hydrogen-bond acceptors (Lipinski definition) is 3. The lowest BCUT2D eigenvalue weighted by Gasteiger charge is -2.30. The first kappa shape index (κ1) is 15.3. The van der Waals surface area contributed by atoms with E-state index in [-0.39, 0.29) is 12.6 Å². The fraction of sp³-hybridized carbons (Fsp3) is 0.467. The van der Waals surface area contributed by atoms with Crippen molar-refractivity contribution in [2.45, 2.75) is 25.8 Å². The van der Waals surface area contributed by atoms with E-state index in [9.17, 15) is 14.7 Å². The number of fused-ring (bicyclic) bond motifs is 1. The second kappa shape index (κ2) is 6.58. The third kappa shape index (κ3) is 3.00. The van der Waals surface area contributed by atoms with E-state index in [1.807, 2.05) is 19.1 Å². The van der Waals surface area contributed by atoms with Gasteiger partial charge in [0.05, 0.1) is 0 Å². The number of anilines is 1. The van der Waals surface area contributed by atoms with Gasteiger partial charge in [-0.25, -0.2) is 9.59 Å². The summed E-state index contributed by atoms with van der Waals surface area (Å²) in [5.74, 6) is -1.00. The first-order valence-corrected chi connectivity index (χ1v) is 7.09. The average Bonchev–Trinajstić information content (AvgIpc) is 2.87. The molecule has 1 atom stereocenters. The molecule has 0 saturated heterocycles. The average molecular weight is 292 g/mol. The molecule has 1 heterocycles. The van der Waals surface area contributed by atoms with Crippen molar-refractivity contribution in [3.05, 3.63) is 29.8 Å². The minimum Gasteiger partial charge on any atom is -0.480 e. The van der Waals surface area contributed by atoms with Crippen LogP contribution in [0.3, 0.4) is 0 Å². The van der Waals surface area contributed by atoms with Gasteiger partial charge in [-0.3, -0.25) is 4.90 Å². The number of aliphatic hydroxyl groups is 1. The maximum Gasteiger partial charge on any atom is 0.327 e. The molecule has 0 spiro atoms. The van der Waals surface area contributed by atoms with E-state index in [0.29, 0.717) is 31.6 Å². The van der Waals surface area contributed by atoms with E-state index in [0.717, 1.165) is 5.56 Å².